The van der Waals surface area contributed by atoms with Gasteiger partial charge in [0.05, 0.1) is 23.2 Å². The minimum absolute atomic E-state index is 0.120. The number of carbonyl (C=O) groups is 1. The highest BCUT2D eigenvalue weighted by molar-refractivity contribution is 7.99. The molecule has 4 aromatic rings. The van der Waals surface area contributed by atoms with E-state index in [1.807, 2.05) is 0 Å². The van der Waals surface area contributed by atoms with Crippen LogP contribution in [-0.2, 0) is 11.0 Å². The van der Waals surface area contributed by atoms with Gasteiger partial charge in [0.1, 0.15) is 5.39 Å². The average Bonchev–Trinajstić information content (AvgIpc) is 3.17. The first-order chi connectivity index (χ1) is 15.2. The van der Waals surface area contributed by atoms with Crippen molar-refractivity contribution >= 4 is 46.0 Å². The van der Waals surface area contributed by atoms with Crippen LogP contribution < -0.4 is 10.9 Å². The normalized spacial score (nSPS) is 11.6. The van der Waals surface area contributed by atoms with Crippen LogP contribution in [0.2, 0.25) is 5.02 Å². The second-order valence-corrected chi connectivity index (χ2v) is 7.95. The number of aromatic nitrogens is 4. The van der Waals surface area contributed by atoms with E-state index < -0.39 is 23.2 Å². The lowest BCUT2D eigenvalue weighted by Crippen LogP contribution is -2.16. The molecule has 12 heteroatoms. The maximum Gasteiger partial charge on any atom is 0.416 e. The summed E-state index contributed by atoms with van der Waals surface area (Å²) in [5.74, 6) is -0.589. The van der Waals surface area contributed by atoms with Gasteiger partial charge in [-0.2, -0.15) is 18.3 Å². The number of hydrogen-bond donors (Lipinski definition) is 2. The summed E-state index contributed by atoms with van der Waals surface area (Å²) in [6.07, 6.45) is -3.06. The lowest BCUT2D eigenvalue weighted by molar-refractivity contribution is -0.137. The van der Waals surface area contributed by atoms with Crippen LogP contribution in [0.15, 0.2) is 64.7 Å². The highest BCUT2D eigenvalue weighted by Gasteiger charge is 2.30. The Bertz CT molecular complexity index is 1330. The number of fused-ring (bicyclic) bond motifs is 1. The van der Waals surface area contributed by atoms with Crippen LogP contribution in [0.5, 0.6) is 0 Å². The maximum atomic E-state index is 12.6. The molecule has 0 bridgehead atoms. The van der Waals surface area contributed by atoms with Gasteiger partial charge >= 0.3 is 6.18 Å². The minimum Gasteiger partial charge on any atom is -0.325 e. The van der Waals surface area contributed by atoms with Gasteiger partial charge in [-0.05, 0) is 48.5 Å². The molecule has 164 valence electrons. The van der Waals surface area contributed by atoms with E-state index in [-0.39, 0.29) is 22.0 Å². The van der Waals surface area contributed by atoms with Gasteiger partial charge in [0, 0.05) is 10.7 Å². The summed E-state index contributed by atoms with van der Waals surface area (Å²) in [4.78, 5) is 31.5. The van der Waals surface area contributed by atoms with Gasteiger partial charge in [0.15, 0.2) is 10.8 Å². The molecule has 0 radical (unpaired) electrons. The first-order valence-electron chi connectivity index (χ1n) is 9.04. The fraction of sp³-hybridized carbons (Fsp3) is 0.100. The molecule has 2 N–H and O–H groups in total. The van der Waals surface area contributed by atoms with Crippen LogP contribution in [0.4, 0.5) is 18.9 Å². The van der Waals surface area contributed by atoms with E-state index in [1.54, 1.807) is 24.3 Å². The van der Waals surface area contributed by atoms with Crippen molar-refractivity contribution in [2.24, 2.45) is 0 Å². The number of aromatic amines is 1. The Morgan fingerprint density at radius 1 is 1.12 bits per heavy atom. The van der Waals surface area contributed by atoms with Crippen molar-refractivity contribution in [3.63, 3.8) is 0 Å². The third-order valence-corrected chi connectivity index (χ3v) is 5.45. The van der Waals surface area contributed by atoms with Gasteiger partial charge in [0.2, 0.25) is 5.91 Å². The lowest BCUT2D eigenvalue weighted by atomic mass is 10.2. The number of nitrogens with one attached hydrogen (secondary N) is 2. The molecule has 2 heterocycles. The molecule has 0 spiro atoms. The van der Waals surface area contributed by atoms with Crippen LogP contribution in [0.25, 0.3) is 16.7 Å². The molecule has 0 aliphatic rings. The first-order valence-corrected chi connectivity index (χ1v) is 10.4. The predicted octanol–water partition coefficient (Wildman–Crippen LogP) is 4.51. The highest BCUT2D eigenvalue weighted by Crippen LogP contribution is 2.30. The number of rotatable bonds is 5. The van der Waals surface area contributed by atoms with E-state index in [9.17, 15) is 22.8 Å². The number of anilines is 1. The summed E-state index contributed by atoms with van der Waals surface area (Å²) >= 11 is 6.88. The van der Waals surface area contributed by atoms with Gasteiger partial charge < -0.3 is 10.3 Å². The van der Waals surface area contributed by atoms with E-state index in [0.717, 1.165) is 23.9 Å². The zero-order chi connectivity index (χ0) is 22.9. The number of H-pyrrole nitrogens is 1. The molecule has 0 aliphatic carbocycles. The number of alkyl halides is 3. The molecule has 0 fully saturated rings. The summed E-state index contributed by atoms with van der Waals surface area (Å²) in [5, 5.41) is 7.72. The number of thioether (sulfide) groups is 1. The molecular weight excluding hydrogens is 467 g/mol. The average molecular weight is 480 g/mol. The fourth-order valence-electron chi connectivity index (χ4n) is 2.81. The summed E-state index contributed by atoms with van der Waals surface area (Å²) < 4.78 is 39.4. The Kier molecular flexibility index (Phi) is 5.94. The zero-order valence-corrected chi connectivity index (χ0v) is 17.6. The number of nitrogens with zero attached hydrogens (tertiary/aromatic N) is 3. The lowest BCUT2D eigenvalue weighted by Gasteiger charge is -2.09. The largest absolute Gasteiger partial charge is 0.416 e. The quantitative estimate of drug-likeness (QED) is 0.324. The topological polar surface area (TPSA) is 92.7 Å². The van der Waals surface area contributed by atoms with Crippen molar-refractivity contribution in [3.05, 3.63) is 75.7 Å². The molecule has 1 amide bonds. The van der Waals surface area contributed by atoms with Gasteiger partial charge in [-0.1, -0.05) is 23.4 Å². The fourth-order valence-corrected chi connectivity index (χ4v) is 3.59. The Hall–Kier alpha value is -3.31. The smallest absolute Gasteiger partial charge is 0.325 e. The van der Waals surface area contributed by atoms with E-state index >= 15 is 0 Å². The van der Waals surface area contributed by atoms with Crippen LogP contribution >= 0.6 is 23.4 Å². The maximum absolute atomic E-state index is 12.6. The van der Waals surface area contributed by atoms with Crippen molar-refractivity contribution in [1.29, 1.82) is 0 Å². The van der Waals surface area contributed by atoms with E-state index in [2.05, 4.69) is 20.4 Å². The number of halogens is 4. The number of amides is 1. The summed E-state index contributed by atoms with van der Waals surface area (Å²) in [6, 6.07) is 10.9. The van der Waals surface area contributed by atoms with E-state index in [1.165, 1.54) is 23.0 Å². The third kappa shape index (κ3) is 4.78. The zero-order valence-electron chi connectivity index (χ0n) is 16.0. The summed E-state index contributed by atoms with van der Waals surface area (Å²) in [6.45, 7) is 0. The molecule has 2 aromatic carbocycles. The van der Waals surface area contributed by atoms with E-state index in [0.29, 0.717) is 16.4 Å². The first kappa shape index (κ1) is 21.9. The monoisotopic (exact) mass is 479 g/mol. The van der Waals surface area contributed by atoms with Crippen LogP contribution in [-0.4, -0.2) is 31.4 Å². The van der Waals surface area contributed by atoms with Gasteiger partial charge in [-0.3, -0.25) is 9.59 Å². The molecule has 0 unspecified atom stereocenters. The molecule has 2 aromatic heterocycles. The predicted molar refractivity (Wildman–Crippen MR) is 115 cm³/mol. The third-order valence-electron chi connectivity index (χ3n) is 4.32. The van der Waals surface area contributed by atoms with Crippen molar-refractivity contribution in [2.45, 2.75) is 11.3 Å². The van der Waals surface area contributed by atoms with E-state index in [4.69, 9.17) is 11.6 Å². The highest BCUT2D eigenvalue weighted by atomic mass is 35.5. The molecule has 0 atom stereocenters. The van der Waals surface area contributed by atoms with Gasteiger partial charge in [-0.25, -0.2) is 9.67 Å². The van der Waals surface area contributed by atoms with Crippen LogP contribution in [0.3, 0.4) is 0 Å². The Labute approximate surface area is 187 Å². The summed E-state index contributed by atoms with van der Waals surface area (Å²) in [5.41, 5.74) is -0.0420. The molecule has 0 saturated heterocycles. The van der Waals surface area contributed by atoms with Crippen molar-refractivity contribution in [3.8, 4) is 5.69 Å². The SMILES string of the molecule is O=C(CSc1nc2c(cnn2-c2ccc(Cl)cc2)c(=O)[nH]1)Nc1ccc(C(F)(F)F)cc1. The second-order valence-electron chi connectivity index (χ2n) is 6.55. The Morgan fingerprint density at radius 2 is 1.81 bits per heavy atom. The Balaban J connectivity index is 1.48. The van der Waals surface area contributed by atoms with Crippen molar-refractivity contribution in [2.75, 3.05) is 11.1 Å². The standard InChI is InChI=1S/C20H13ClF3N5O2S/c21-12-3-7-14(8-4-12)29-17-15(9-25-29)18(31)28-19(27-17)32-10-16(30)26-13-5-1-11(2-6-13)20(22,23)24/h1-9H,10H2,(H,26,30)(H,27,28,31). The number of hydrogen-bond acceptors (Lipinski definition) is 5. The Morgan fingerprint density at radius 3 is 2.47 bits per heavy atom. The number of benzene rings is 2. The van der Waals surface area contributed by atoms with Crippen LogP contribution in [0, 0.1) is 0 Å². The van der Waals surface area contributed by atoms with Gasteiger partial charge in [-0.15, -0.1) is 0 Å². The molecule has 32 heavy (non-hydrogen) atoms. The minimum atomic E-state index is -4.45. The van der Waals surface area contributed by atoms with Gasteiger partial charge in [0.25, 0.3) is 5.56 Å². The molecule has 0 saturated carbocycles. The molecule has 0 aliphatic heterocycles. The van der Waals surface area contributed by atoms with Crippen molar-refractivity contribution in [1.82, 2.24) is 19.7 Å². The summed E-state index contributed by atoms with van der Waals surface area (Å²) in [7, 11) is 0. The van der Waals surface area contributed by atoms with Crippen LogP contribution in [0.1, 0.15) is 5.56 Å². The van der Waals surface area contributed by atoms with Crippen molar-refractivity contribution < 1.29 is 18.0 Å². The molecular formula is C20H13ClF3N5O2S. The molecule has 4 rings (SSSR count). The second kappa shape index (κ2) is 8.67. The number of carbonyl (C=O) groups excluding carboxylic acids is 1. The molecule has 7 nitrogen and oxygen atoms in total.